The minimum Gasteiger partial charge on any atom is -0.488 e. The van der Waals surface area contributed by atoms with Crippen LogP contribution in [0.2, 0.25) is 0 Å². The molecule has 4 fully saturated rings. The van der Waals surface area contributed by atoms with Gasteiger partial charge in [-0.2, -0.15) is 0 Å². The summed E-state index contributed by atoms with van der Waals surface area (Å²) >= 11 is 0. The predicted octanol–water partition coefficient (Wildman–Crippen LogP) is 4.93. The van der Waals surface area contributed by atoms with Gasteiger partial charge in [0.1, 0.15) is 18.1 Å². The first-order valence-electron chi connectivity index (χ1n) is 13.2. The van der Waals surface area contributed by atoms with Crippen LogP contribution in [-0.4, -0.2) is 58.8 Å². The van der Waals surface area contributed by atoms with E-state index in [9.17, 15) is 9.18 Å². The second kappa shape index (κ2) is 8.61. The number of likely N-dealkylation sites (tertiary alicyclic amines) is 2. The van der Waals surface area contributed by atoms with Crippen molar-refractivity contribution in [3.63, 3.8) is 0 Å². The van der Waals surface area contributed by atoms with Crippen molar-refractivity contribution in [1.82, 2.24) is 15.0 Å². The van der Waals surface area contributed by atoms with Crippen molar-refractivity contribution in [2.24, 2.45) is 5.41 Å². The van der Waals surface area contributed by atoms with Crippen LogP contribution in [0.4, 0.5) is 4.39 Å². The van der Waals surface area contributed by atoms with E-state index in [1.165, 1.54) is 18.4 Å². The van der Waals surface area contributed by atoms with E-state index in [2.05, 4.69) is 28.3 Å². The van der Waals surface area contributed by atoms with Crippen LogP contribution in [0.1, 0.15) is 73.4 Å². The molecule has 2 saturated carbocycles. The van der Waals surface area contributed by atoms with E-state index in [1.54, 1.807) is 4.90 Å². The molecule has 0 radical (unpaired) electrons. The molecule has 3 heterocycles. The average Bonchev–Trinajstić information content (AvgIpc) is 3.31. The lowest BCUT2D eigenvalue weighted by molar-refractivity contribution is -0.150. The Kier molecular flexibility index (Phi) is 5.66. The number of piperidine rings is 1. The van der Waals surface area contributed by atoms with Gasteiger partial charge in [0, 0.05) is 24.5 Å². The smallest absolute Gasteiger partial charge is 0.260 e. The second-order valence-electron chi connectivity index (χ2n) is 11.5. The Morgan fingerprint density at radius 3 is 2.57 bits per heavy atom. The number of amides is 1. The molecular weight excluding hydrogens is 445 g/mol. The first-order chi connectivity index (χ1) is 16.9. The summed E-state index contributed by atoms with van der Waals surface area (Å²) in [6, 6.07) is 9.04. The topological polar surface area (TPSA) is 58.8 Å². The number of alkyl halides is 1. The van der Waals surface area contributed by atoms with E-state index in [0.29, 0.717) is 31.4 Å². The fraction of sp³-hybridized carbons (Fsp3) is 0.643. The van der Waals surface area contributed by atoms with Crippen LogP contribution < -0.4 is 4.74 Å². The van der Waals surface area contributed by atoms with Crippen LogP contribution >= 0.6 is 0 Å². The van der Waals surface area contributed by atoms with Crippen LogP contribution in [0.3, 0.4) is 0 Å². The van der Waals surface area contributed by atoms with Crippen molar-refractivity contribution in [2.75, 3.05) is 26.2 Å². The summed E-state index contributed by atoms with van der Waals surface area (Å²) < 4.78 is 25.7. The Morgan fingerprint density at radius 2 is 1.89 bits per heavy atom. The van der Waals surface area contributed by atoms with Gasteiger partial charge in [-0.15, -0.1) is 0 Å². The molecule has 0 N–H and O–H groups in total. The van der Waals surface area contributed by atoms with Gasteiger partial charge < -0.3 is 19.1 Å². The normalized spacial score (nSPS) is 25.6. The molecule has 1 spiro atoms. The van der Waals surface area contributed by atoms with E-state index in [0.717, 1.165) is 68.2 Å². The number of benzene rings is 1. The summed E-state index contributed by atoms with van der Waals surface area (Å²) in [6.07, 6.45) is 6.61. The summed E-state index contributed by atoms with van der Waals surface area (Å²) in [5.74, 6) is 2.03. The third-order valence-electron chi connectivity index (χ3n) is 9.05. The number of hydrogen-bond acceptors (Lipinski definition) is 5. The Hall–Kier alpha value is -2.41. The number of carbonyl (C=O) groups is 1. The molecule has 1 aromatic heterocycles. The van der Waals surface area contributed by atoms with Crippen LogP contribution in [0.25, 0.3) is 0 Å². The molecule has 1 aromatic carbocycles. The molecule has 2 aliphatic heterocycles. The zero-order valence-corrected chi connectivity index (χ0v) is 20.9. The molecule has 7 heteroatoms. The molecule has 2 aliphatic carbocycles. The first-order valence-corrected chi connectivity index (χ1v) is 13.2. The average molecular weight is 482 g/mol. The molecule has 1 amide bonds. The molecule has 6 nitrogen and oxygen atoms in total. The van der Waals surface area contributed by atoms with E-state index >= 15 is 0 Å². The minimum absolute atomic E-state index is 0.237. The fourth-order valence-electron chi connectivity index (χ4n) is 6.67. The van der Waals surface area contributed by atoms with Crippen LogP contribution in [0.5, 0.6) is 5.75 Å². The molecule has 6 rings (SSSR count). The number of aryl methyl sites for hydroxylation is 2. The predicted molar refractivity (Wildman–Crippen MR) is 130 cm³/mol. The number of halogens is 1. The SMILES string of the molecule is Cc1noc(C)c1COc1ccccc1C1CCN([C@@H]2CCC3(C2)CN(C(=O)C2(F)CC2)C3)CC1. The molecule has 2 aromatic rings. The van der Waals surface area contributed by atoms with Crippen molar-refractivity contribution in [2.45, 2.75) is 83.0 Å². The summed E-state index contributed by atoms with van der Waals surface area (Å²) in [5, 5.41) is 4.04. The molecule has 35 heavy (non-hydrogen) atoms. The van der Waals surface area contributed by atoms with Gasteiger partial charge in [0.15, 0.2) is 5.67 Å². The lowest BCUT2D eigenvalue weighted by atomic mass is 9.77. The van der Waals surface area contributed by atoms with Gasteiger partial charge >= 0.3 is 0 Å². The van der Waals surface area contributed by atoms with E-state index in [4.69, 9.17) is 9.26 Å². The van der Waals surface area contributed by atoms with Gasteiger partial charge in [-0.1, -0.05) is 23.4 Å². The number of nitrogens with zero attached hydrogens (tertiary/aromatic N) is 3. The Balaban J connectivity index is 1.02. The van der Waals surface area contributed by atoms with E-state index in [-0.39, 0.29) is 11.3 Å². The maximum atomic E-state index is 14.2. The van der Waals surface area contributed by atoms with Gasteiger partial charge in [-0.25, -0.2) is 4.39 Å². The van der Waals surface area contributed by atoms with Crippen molar-refractivity contribution >= 4 is 5.91 Å². The monoisotopic (exact) mass is 481 g/mol. The number of carbonyl (C=O) groups excluding carboxylic acids is 1. The molecule has 188 valence electrons. The highest BCUT2D eigenvalue weighted by Crippen LogP contribution is 2.51. The van der Waals surface area contributed by atoms with Gasteiger partial charge in [0.05, 0.1) is 11.3 Å². The maximum Gasteiger partial charge on any atom is 0.260 e. The lowest BCUT2D eigenvalue weighted by Crippen LogP contribution is -2.60. The highest BCUT2D eigenvalue weighted by molar-refractivity contribution is 5.88. The number of para-hydroxylation sites is 1. The van der Waals surface area contributed by atoms with Gasteiger partial charge in [-0.05, 0) is 89.4 Å². The highest BCUT2D eigenvalue weighted by atomic mass is 19.1. The lowest BCUT2D eigenvalue weighted by Gasteiger charge is -2.49. The quantitative estimate of drug-likeness (QED) is 0.585. The number of aromatic nitrogens is 1. The molecule has 0 unspecified atom stereocenters. The minimum atomic E-state index is -1.52. The van der Waals surface area contributed by atoms with Gasteiger partial charge in [0.25, 0.3) is 5.91 Å². The molecule has 1 atom stereocenters. The maximum absolute atomic E-state index is 14.2. The standard InChI is InChI=1S/C28H36FN3O3/c1-19-24(20(2)35-30-19)16-34-25-6-4-3-5-23(25)21-8-13-31(14-9-21)22-7-10-27(15-22)17-32(18-27)26(33)28(29)11-12-28/h3-6,21-22H,7-18H2,1-2H3/t22-/m1/s1. The summed E-state index contributed by atoms with van der Waals surface area (Å²) in [7, 11) is 0. The largest absolute Gasteiger partial charge is 0.488 e. The Bertz CT molecular complexity index is 1080. The van der Waals surface area contributed by atoms with Crippen molar-refractivity contribution in [3.8, 4) is 5.75 Å². The number of hydrogen-bond donors (Lipinski definition) is 0. The molecule has 4 aliphatic rings. The highest BCUT2D eigenvalue weighted by Gasteiger charge is 2.58. The van der Waals surface area contributed by atoms with Gasteiger partial charge in [0.2, 0.25) is 0 Å². The van der Waals surface area contributed by atoms with Crippen LogP contribution in [0, 0.1) is 19.3 Å². The first kappa shape index (κ1) is 23.0. The Morgan fingerprint density at radius 1 is 1.14 bits per heavy atom. The summed E-state index contributed by atoms with van der Waals surface area (Å²) in [4.78, 5) is 16.7. The van der Waals surface area contributed by atoms with E-state index in [1.807, 2.05) is 19.9 Å². The van der Waals surface area contributed by atoms with E-state index < -0.39 is 5.67 Å². The van der Waals surface area contributed by atoms with Crippen LogP contribution in [-0.2, 0) is 11.4 Å². The van der Waals surface area contributed by atoms with Crippen LogP contribution in [0.15, 0.2) is 28.8 Å². The fourth-order valence-corrected chi connectivity index (χ4v) is 6.67. The summed E-state index contributed by atoms with van der Waals surface area (Å²) in [6.45, 7) is 8.08. The zero-order valence-electron chi connectivity index (χ0n) is 20.9. The number of ether oxygens (including phenoxy) is 1. The zero-order chi connectivity index (χ0) is 24.2. The summed E-state index contributed by atoms with van der Waals surface area (Å²) in [5.41, 5.74) is 1.93. The van der Waals surface area contributed by atoms with Crippen molar-refractivity contribution < 1.29 is 18.4 Å². The molecule has 2 saturated heterocycles. The molecular formula is C28H36FN3O3. The number of rotatable bonds is 6. The molecule has 0 bridgehead atoms. The van der Waals surface area contributed by atoms with Gasteiger partial charge in [-0.3, -0.25) is 4.79 Å². The Labute approximate surface area is 206 Å². The van der Waals surface area contributed by atoms with Crippen molar-refractivity contribution in [1.29, 1.82) is 0 Å². The third-order valence-corrected chi connectivity index (χ3v) is 9.05. The second-order valence-corrected chi connectivity index (χ2v) is 11.5. The van der Waals surface area contributed by atoms with Crippen molar-refractivity contribution in [3.05, 3.63) is 46.8 Å². The third kappa shape index (κ3) is 4.26.